The topological polar surface area (TPSA) is 29.5 Å². The molecular formula is C32H61NO2. The van der Waals surface area contributed by atoms with Crippen molar-refractivity contribution in [1.82, 2.24) is 4.90 Å². The molecule has 0 rings (SSSR count). The maximum Gasteiger partial charge on any atom is 0.305 e. The molecule has 0 spiro atoms. The smallest absolute Gasteiger partial charge is 0.305 e. The first-order chi connectivity index (χ1) is 17.1. The number of methoxy groups -OCH3 is 1. The number of allylic oxidation sites excluding steroid dienone is 4. The summed E-state index contributed by atoms with van der Waals surface area (Å²) in [6.45, 7) is 3.49. The van der Waals surface area contributed by atoms with Crippen molar-refractivity contribution in [3.63, 3.8) is 0 Å². The Hall–Kier alpha value is -1.09. The summed E-state index contributed by atoms with van der Waals surface area (Å²) in [7, 11) is 5.89. The Morgan fingerprint density at radius 2 is 1.17 bits per heavy atom. The van der Waals surface area contributed by atoms with Crippen molar-refractivity contribution < 1.29 is 9.53 Å². The molecule has 0 saturated heterocycles. The lowest BCUT2D eigenvalue weighted by molar-refractivity contribution is -0.140. The third kappa shape index (κ3) is 27.3. The minimum absolute atomic E-state index is 0.0693. The minimum Gasteiger partial charge on any atom is -0.469 e. The highest BCUT2D eigenvalue weighted by molar-refractivity contribution is 5.68. The minimum atomic E-state index is -0.0693. The van der Waals surface area contributed by atoms with E-state index in [1.54, 1.807) is 0 Å². The Morgan fingerprint density at radius 1 is 0.686 bits per heavy atom. The van der Waals surface area contributed by atoms with E-state index in [0.29, 0.717) is 6.42 Å². The number of rotatable bonds is 26. The van der Waals surface area contributed by atoms with Crippen molar-refractivity contribution in [1.29, 1.82) is 0 Å². The zero-order valence-electron chi connectivity index (χ0n) is 24.2. The lowest BCUT2D eigenvalue weighted by Gasteiger charge is -2.21. The van der Waals surface area contributed by atoms with Gasteiger partial charge < -0.3 is 9.64 Å². The van der Waals surface area contributed by atoms with Crippen molar-refractivity contribution in [2.75, 3.05) is 27.7 Å². The Labute approximate surface area is 220 Å². The Kier molecular flexibility index (Phi) is 26.6. The molecule has 0 bridgehead atoms. The van der Waals surface area contributed by atoms with Crippen LogP contribution in [0.5, 0.6) is 0 Å². The fourth-order valence-electron chi connectivity index (χ4n) is 4.78. The van der Waals surface area contributed by atoms with E-state index >= 15 is 0 Å². The van der Waals surface area contributed by atoms with E-state index in [0.717, 1.165) is 25.2 Å². The van der Waals surface area contributed by atoms with E-state index in [2.05, 4.69) is 50.2 Å². The quantitative estimate of drug-likeness (QED) is 0.0685. The molecule has 0 aliphatic carbocycles. The Balaban J connectivity index is 3.59. The number of carbonyl (C=O) groups is 1. The van der Waals surface area contributed by atoms with Crippen molar-refractivity contribution >= 4 is 5.97 Å². The number of ether oxygens (including phenoxy) is 1. The molecule has 0 N–H and O–H groups in total. The number of esters is 1. The monoisotopic (exact) mass is 491 g/mol. The molecule has 1 atom stereocenters. The van der Waals surface area contributed by atoms with Gasteiger partial charge in [0.05, 0.1) is 7.11 Å². The molecule has 35 heavy (non-hydrogen) atoms. The Morgan fingerprint density at radius 3 is 1.69 bits per heavy atom. The van der Waals surface area contributed by atoms with Gasteiger partial charge in [0.25, 0.3) is 0 Å². The maximum atomic E-state index is 11.2. The molecule has 0 aliphatic rings. The largest absolute Gasteiger partial charge is 0.469 e. The highest BCUT2D eigenvalue weighted by atomic mass is 16.5. The lowest BCUT2D eigenvalue weighted by Crippen LogP contribution is -2.21. The molecule has 0 aromatic rings. The molecular weight excluding hydrogens is 430 g/mol. The van der Waals surface area contributed by atoms with Gasteiger partial charge in [0, 0.05) is 13.0 Å². The number of hydrogen-bond donors (Lipinski definition) is 0. The summed E-state index contributed by atoms with van der Waals surface area (Å²) >= 11 is 0. The van der Waals surface area contributed by atoms with Gasteiger partial charge in [0.1, 0.15) is 0 Å². The molecule has 0 amide bonds. The van der Waals surface area contributed by atoms with E-state index in [4.69, 9.17) is 4.74 Å². The second kappa shape index (κ2) is 27.5. The SMILES string of the molecule is CCCCC/C=C\C/C=C\CCCCCCCCCC(CCCCCCCC(=O)OC)CN(C)C. The molecule has 3 nitrogen and oxygen atoms in total. The third-order valence-electron chi connectivity index (χ3n) is 6.91. The normalized spacial score (nSPS) is 12.8. The summed E-state index contributed by atoms with van der Waals surface area (Å²) in [6, 6.07) is 0. The first-order valence-corrected chi connectivity index (χ1v) is 15.1. The first-order valence-electron chi connectivity index (χ1n) is 15.1. The van der Waals surface area contributed by atoms with Gasteiger partial charge in [-0.1, -0.05) is 108 Å². The predicted molar refractivity (Wildman–Crippen MR) is 155 cm³/mol. The van der Waals surface area contributed by atoms with Crippen LogP contribution in [0.25, 0.3) is 0 Å². The van der Waals surface area contributed by atoms with Gasteiger partial charge in [0.2, 0.25) is 0 Å². The summed E-state index contributed by atoms with van der Waals surface area (Å²) in [5.41, 5.74) is 0. The summed E-state index contributed by atoms with van der Waals surface area (Å²) in [5.74, 6) is 0.776. The zero-order valence-corrected chi connectivity index (χ0v) is 24.2. The Bertz CT molecular complexity index is 498. The number of hydrogen-bond acceptors (Lipinski definition) is 3. The molecule has 0 heterocycles. The van der Waals surface area contributed by atoms with Gasteiger partial charge >= 0.3 is 5.97 Å². The van der Waals surface area contributed by atoms with Crippen LogP contribution in [-0.4, -0.2) is 38.6 Å². The average Bonchev–Trinajstić information content (AvgIpc) is 2.84. The fraction of sp³-hybridized carbons (Fsp3) is 0.844. The molecule has 0 radical (unpaired) electrons. The number of unbranched alkanes of at least 4 members (excludes halogenated alkanes) is 14. The molecule has 1 unspecified atom stereocenters. The van der Waals surface area contributed by atoms with E-state index < -0.39 is 0 Å². The van der Waals surface area contributed by atoms with Gasteiger partial charge in [0.15, 0.2) is 0 Å². The molecule has 3 heteroatoms. The van der Waals surface area contributed by atoms with Gasteiger partial charge in [-0.05, 0) is 71.4 Å². The van der Waals surface area contributed by atoms with Crippen LogP contribution in [0.2, 0.25) is 0 Å². The maximum absolute atomic E-state index is 11.2. The van der Waals surface area contributed by atoms with Crippen LogP contribution in [0.1, 0.15) is 142 Å². The van der Waals surface area contributed by atoms with Crippen molar-refractivity contribution in [2.45, 2.75) is 142 Å². The molecule has 0 aromatic carbocycles. The third-order valence-corrected chi connectivity index (χ3v) is 6.91. The molecule has 0 aliphatic heterocycles. The highest BCUT2D eigenvalue weighted by Crippen LogP contribution is 2.20. The highest BCUT2D eigenvalue weighted by Gasteiger charge is 2.10. The van der Waals surface area contributed by atoms with Crippen LogP contribution in [0, 0.1) is 5.92 Å². The van der Waals surface area contributed by atoms with Crippen molar-refractivity contribution in [3.05, 3.63) is 24.3 Å². The summed E-state index contributed by atoms with van der Waals surface area (Å²) in [5, 5.41) is 0. The van der Waals surface area contributed by atoms with Crippen LogP contribution < -0.4 is 0 Å². The zero-order chi connectivity index (χ0) is 25.8. The van der Waals surface area contributed by atoms with Gasteiger partial charge in [-0.15, -0.1) is 0 Å². The van der Waals surface area contributed by atoms with Crippen LogP contribution >= 0.6 is 0 Å². The molecule has 0 fully saturated rings. The summed E-state index contributed by atoms with van der Waals surface area (Å²) < 4.78 is 4.71. The second-order valence-electron chi connectivity index (χ2n) is 10.7. The summed E-state index contributed by atoms with van der Waals surface area (Å²) in [6.07, 6.45) is 36.1. The average molecular weight is 492 g/mol. The first kappa shape index (κ1) is 33.9. The van der Waals surface area contributed by atoms with E-state index in [-0.39, 0.29) is 5.97 Å². The number of carbonyl (C=O) groups excluding carboxylic acids is 1. The predicted octanol–water partition coefficient (Wildman–Crippen LogP) is 9.66. The van der Waals surface area contributed by atoms with Crippen LogP contribution in [0.15, 0.2) is 24.3 Å². The lowest BCUT2D eigenvalue weighted by atomic mass is 9.93. The summed E-state index contributed by atoms with van der Waals surface area (Å²) in [4.78, 5) is 13.5. The number of nitrogens with zero attached hydrogens (tertiary/aromatic N) is 1. The van der Waals surface area contributed by atoms with Crippen LogP contribution in [0.3, 0.4) is 0 Å². The van der Waals surface area contributed by atoms with Crippen molar-refractivity contribution in [3.8, 4) is 0 Å². The fourth-order valence-corrected chi connectivity index (χ4v) is 4.78. The van der Waals surface area contributed by atoms with E-state index in [9.17, 15) is 4.79 Å². The van der Waals surface area contributed by atoms with E-state index in [1.807, 2.05) is 0 Å². The van der Waals surface area contributed by atoms with Gasteiger partial charge in [-0.3, -0.25) is 4.79 Å². The molecule has 206 valence electrons. The van der Waals surface area contributed by atoms with Crippen LogP contribution in [-0.2, 0) is 9.53 Å². The molecule has 0 saturated carbocycles. The van der Waals surface area contributed by atoms with Gasteiger partial charge in [-0.2, -0.15) is 0 Å². The standard InChI is InChI=1S/C32H61NO2/c1-5-6-7-8-9-10-11-12-13-14-15-16-17-18-19-21-24-27-31(30-33(2)3)28-25-22-20-23-26-29-32(34)35-4/h9-10,12-13,31H,5-8,11,14-30H2,1-4H3/b10-9-,13-12-. The van der Waals surface area contributed by atoms with Gasteiger partial charge in [-0.25, -0.2) is 0 Å². The van der Waals surface area contributed by atoms with E-state index in [1.165, 1.54) is 123 Å². The second-order valence-corrected chi connectivity index (χ2v) is 10.7. The van der Waals surface area contributed by atoms with Crippen molar-refractivity contribution in [2.24, 2.45) is 5.92 Å². The molecule has 0 aromatic heterocycles. The van der Waals surface area contributed by atoms with Crippen LogP contribution in [0.4, 0.5) is 0 Å².